The van der Waals surface area contributed by atoms with Crippen molar-refractivity contribution in [2.45, 2.75) is 64.5 Å². The van der Waals surface area contributed by atoms with Crippen LogP contribution < -0.4 is 5.69 Å². The summed E-state index contributed by atoms with van der Waals surface area (Å²) in [7, 11) is 0. The zero-order valence-electron chi connectivity index (χ0n) is 16.9. The van der Waals surface area contributed by atoms with Crippen molar-refractivity contribution in [3.63, 3.8) is 0 Å². The van der Waals surface area contributed by atoms with Crippen molar-refractivity contribution >= 4 is 5.91 Å². The number of piperidine rings is 1. The maximum absolute atomic E-state index is 12.7. The normalized spacial score (nSPS) is 17.7. The van der Waals surface area contributed by atoms with Gasteiger partial charge in [0.25, 0.3) is 0 Å². The van der Waals surface area contributed by atoms with Gasteiger partial charge in [-0.2, -0.15) is 5.10 Å². The maximum atomic E-state index is 12.7. The fourth-order valence-corrected chi connectivity index (χ4v) is 4.46. The molecule has 0 saturated carbocycles. The Bertz CT molecular complexity index is 892. The predicted octanol–water partition coefficient (Wildman–Crippen LogP) is 2.35. The second-order valence-corrected chi connectivity index (χ2v) is 8.35. The second kappa shape index (κ2) is 8.84. The van der Waals surface area contributed by atoms with Crippen LogP contribution in [0.3, 0.4) is 0 Å². The van der Waals surface area contributed by atoms with E-state index in [0.717, 1.165) is 76.8 Å². The van der Waals surface area contributed by atoms with Crippen LogP contribution in [0, 0.1) is 5.92 Å². The molecule has 2 aliphatic rings. The number of nitrogens with zero attached hydrogens (tertiary/aromatic N) is 4. The topological polar surface area (TPSA) is 80.4 Å². The SMILES string of the molecule is O=C(Cn1nc2n(c1=O)CCCCC2)N1CCC(CCc2ccc(O)cc2)CC1. The van der Waals surface area contributed by atoms with Crippen LogP contribution in [0.1, 0.15) is 49.9 Å². The lowest BCUT2D eigenvalue weighted by Crippen LogP contribution is -2.42. The van der Waals surface area contributed by atoms with E-state index in [2.05, 4.69) is 5.10 Å². The minimum Gasteiger partial charge on any atom is -0.508 e. The number of aryl methyl sites for hydroxylation is 2. The van der Waals surface area contributed by atoms with Gasteiger partial charge in [-0.1, -0.05) is 18.6 Å². The van der Waals surface area contributed by atoms with Crippen LogP contribution in [0.15, 0.2) is 29.1 Å². The van der Waals surface area contributed by atoms with E-state index < -0.39 is 0 Å². The smallest absolute Gasteiger partial charge is 0.346 e. The standard InChI is InChI=1S/C22H30N4O3/c27-19-9-7-17(8-10-19)5-6-18-11-14-24(15-12-18)21(28)16-26-22(29)25-13-3-1-2-4-20(25)23-26/h7-10,18,27H,1-6,11-16H2. The Morgan fingerprint density at radius 1 is 1.07 bits per heavy atom. The number of phenols is 1. The number of rotatable bonds is 5. The molecule has 2 aromatic rings. The summed E-state index contributed by atoms with van der Waals surface area (Å²) in [4.78, 5) is 27.1. The number of likely N-dealkylation sites (tertiary alicyclic amines) is 1. The summed E-state index contributed by atoms with van der Waals surface area (Å²) in [5, 5.41) is 13.8. The third kappa shape index (κ3) is 4.71. The molecular formula is C22H30N4O3. The molecule has 7 nitrogen and oxygen atoms in total. The highest BCUT2D eigenvalue weighted by molar-refractivity contribution is 5.75. The molecule has 3 heterocycles. The van der Waals surface area contributed by atoms with Crippen LogP contribution in [-0.2, 0) is 30.7 Å². The van der Waals surface area contributed by atoms with Gasteiger partial charge in [0.15, 0.2) is 0 Å². The molecule has 1 aromatic heterocycles. The summed E-state index contributed by atoms with van der Waals surface area (Å²) in [6.07, 6.45) is 8.10. The van der Waals surface area contributed by atoms with Gasteiger partial charge >= 0.3 is 5.69 Å². The molecule has 1 N–H and O–H groups in total. The zero-order valence-corrected chi connectivity index (χ0v) is 16.9. The van der Waals surface area contributed by atoms with E-state index in [-0.39, 0.29) is 18.1 Å². The van der Waals surface area contributed by atoms with Crippen LogP contribution in [0.2, 0.25) is 0 Å². The lowest BCUT2D eigenvalue weighted by Gasteiger charge is -2.32. The highest BCUT2D eigenvalue weighted by Gasteiger charge is 2.24. The molecule has 1 aromatic carbocycles. The molecule has 0 unspecified atom stereocenters. The number of fused-ring (bicyclic) bond motifs is 1. The number of amides is 1. The number of hydrogen-bond acceptors (Lipinski definition) is 4. The highest BCUT2D eigenvalue weighted by atomic mass is 16.3. The van der Waals surface area contributed by atoms with E-state index in [1.807, 2.05) is 17.0 Å². The first-order valence-electron chi connectivity index (χ1n) is 10.8. The lowest BCUT2D eigenvalue weighted by atomic mass is 9.90. The van der Waals surface area contributed by atoms with Gasteiger partial charge < -0.3 is 10.0 Å². The van der Waals surface area contributed by atoms with Crippen LogP contribution in [0.5, 0.6) is 5.75 Å². The summed E-state index contributed by atoms with van der Waals surface area (Å²) in [6, 6.07) is 7.40. The van der Waals surface area contributed by atoms with E-state index in [1.54, 1.807) is 16.7 Å². The van der Waals surface area contributed by atoms with Crippen molar-refractivity contribution in [2.75, 3.05) is 13.1 Å². The van der Waals surface area contributed by atoms with Crippen molar-refractivity contribution in [1.29, 1.82) is 0 Å². The Balaban J connectivity index is 1.27. The number of aromatic nitrogens is 3. The van der Waals surface area contributed by atoms with Crippen molar-refractivity contribution in [3.8, 4) is 5.75 Å². The van der Waals surface area contributed by atoms with Crippen molar-refractivity contribution in [1.82, 2.24) is 19.2 Å². The average molecular weight is 399 g/mol. The van der Waals surface area contributed by atoms with Crippen LogP contribution in [0.25, 0.3) is 0 Å². The molecule has 0 spiro atoms. The minimum absolute atomic E-state index is 0.00246. The predicted molar refractivity (Wildman–Crippen MR) is 110 cm³/mol. The van der Waals surface area contributed by atoms with E-state index in [0.29, 0.717) is 11.7 Å². The Kier molecular flexibility index (Phi) is 6.02. The van der Waals surface area contributed by atoms with Crippen LogP contribution >= 0.6 is 0 Å². The molecule has 156 valence electrons. The minimum atomic E-state index is -0.140. The molecule has 29 heavy (non-hydrogen) atoms. The first-order chi connectivity index (χ1) is 14.1. The summed E-state index contributed by atoms with van der Waals surface area (Å²) in [5.41, 5.74) is 1.10. The number of benzene rings is 1. The van der Waals surface area contributed by atoms with Gasteiger partial charge in [-0.3, -0.25) is 9.36 Å². The quantitative estimate of drug-likeness (QED) is 0.838. The lowest BCUT2D eigenvalue weighted by molar-refractivity contribution is -0.133. The molecule has 2 aliphatic heterocycles. The number of aromatic hydroxyl groups is 1. The van der Waals surface area contributed by atoms with Crippen molar-refractivity contribution in [3.05, 3.63) is 46.1 Å². The largest absolute Gasteiger partial charge is 0.508 e. The zero-order chi connectivity index (χ0) is 20.2. The molecule has 0 atom stereocenters. The molecule has 1 amide bonds. The Morgan fingerprint density at radius 2 is 1.83 bits per heavy atom. The van der Waals surface area contributed by atoms with E-state index in [9.17, 15) is 14.7 Å². The third-order valence-electron chi connectivity index (χ3n) is 6.31. The van der Waals surface area contributed by atoms with Gasteiger partial charge in [-0.05, 0) is 62.1 Å². The number of carbonyl (C=O) groups is 1. The fraction of sp³-hybridized carbons (Fsp3) is 0.591. The molecule has 0 bridgehead atoms. The summed E-state index contributed by atoms with van der Waals surface area (Å²) in [5.74, 6) is 1.73. The second-order valence-electron chi connectivity index (χ2n) is 8.35. The first-order valence-corrected chi connectivity index (χ1v) is 10.8. The van der Waals surface area contributed by atoms with Gasteiger partial charge in [0.1, 0.15) is 18.1 Å². The summed E-state index contributed by atoms with van der Waals surface area (Å²) >= 11 is 0. The van der Waals surface area contributed by atoms with Gasteiger partial charge in [0.2, 0.25) is 5.91 Å². The Morgan fingerprint density at radius 3 is 2.59 bits per heavy atom. The van der Waals surface area contributed by atoms with Gasteiger partial charge in [0, 0.05) is 26.1 Å². The molecule has 0 aliphatic carbocycles. The highest BCUT2D eigenvalue weighted by Crippen LogP contribution is 2.23. The Hall–Kier alpha value is -2.57. The number of hydrogen-bond donors (Lipinski definition) is 1. The molecule has 4 rings (SSSR count). The summed E-state index contributed by atoms with van der Waals surface area (Å²) in [6.45, 7) is 2.27. The summed E-state index contributed by atoms with van der Waals surface area (Å²) < 4.78 is 3.11. The van der Waals surface area contributed by atoms with E-state index >= 15 is 0 Å². The third-order valence-corrected chi connectivity index (χ3v) is 6.31. The fourth-order valence-electron chi connectivity index (χ4n) is 4.46. The Labute approximate surface area is 170 Å². The van der Waals surface area contributed by atoms with Gasteiger partial charge in [-0.25, -0.2) is 9.48 Å². The number of carbonyl (C=O) groups excluding carboxylic acids is 1. The monoisotopic (exact) mass is 398 g/mol. The van der Waals surface area contributed by atoms with Crippen LogP contribution in [-0.4, -0.2) is 43.4 Å². The van der Waals surface area contributed by atoms with Gasteiger partial charge in [0.05, 0.1) is 0 Å². The molecular weight excluding hydrogens is 368 g/mol. The van der Waals surface area contributed by atoms with Crippen molar-refractivity contribution in [2.24, 2.45) is 5.92 Å². The first kappa shape index (κ1) is 19.7. The van der Waals surface area contributed by atoms with Crippen molar-refractivity contribution < 1.29 is 9.90 Å². The molecule has 7 heteroatoms. The maximum Gasteiger partial charge on any atom is 0.346 e. The molecule has 1 fully saturated rings. The van der Waals surface area contributed by atoms with E-state index in [1.165, 1.54) is 10.2 Å². The average Bonchev–Trinajstić information content (AvgIpc) is 2.89. The van der Waals surface area contributed by atoms with Gasteiger partial charge in [-0.15, -0.1) is 0 Å². The van der Waals surface area contributed by atoms with Crippen LogP contribution in [0.4, 0.5) is 0 Å². The number of phenolic OH excluding ortho intramolecular Hbond substituents is 1. The molecule has 1 saturated heterocycles. The van der Waals surface area contributed by atoms with E-state index in [4.69, 9.17) is 0 Å². The molecule has 0 radical (unpaired) electrons.